The molecule has 0 fully saturated rings. The monoisotopic (exact) mass is 369 g/mol. The summed E-state index contributed by atoms with van der Waals surface area (Å²) in [5.74, 6) is -0.750. The Morgan fingerprint density at radius 2 is 1.96 bits per heavy atom. The molecule has 0 radical (unpaired) electrons. The maximum absolute atomic E-state index is 12.4. The summed E-state index contributed by atoms with van der Waals surface area (Å²) in [6.45, 7) is 4.21. The van der Waals surface area contributed by atoms with Gasteiger partial charge in [-0.1, -0.05) is 37.6 Å². The van der Waals surface area contributed by atoms with Crippen molar-refractivity contribution in [1.82, 2.24) is 5.32 Å². The van der Waals surface area contributed by atoms with Crippen molar-refractivity contribution in [2.75, 3.05) is 6.61 Å². The van der Waals surface area contributed by atoms with Crippen LogP contribution in [0.4, 0.5) is 0 Å². The number of fused-ring (bicyclic) bond motifs is 1. The highest BCUT2D eigenvalue weighted by molar-refractivity contribution is 5.99. The SMILES string of the molecule is CCCCc1ccc(C2(O)NC(=O)c3c[n+](CC(=O)OCC)ccc32)cc1. The van der Waals surface area contributed by atoms with Gasteiger partial charge in [0.15, 0.2) is 18.1 Å². The van der Waals surface area contributed by atoms with E-state index in [9.17, 15) is 14.7 Å². The maximum Gasteiger partial charge on any atom is 0.372 e. The number of benzene rings is 1. The Morgan fingerprint density at radius 1 is 1.22 bits per heavy atom. The summed E-state index contributed by atoms with van der Waals surface area (Å²) in [4.78, 5) is 24.1. The molecule has 3 rings (SSSR count). The van der Waals surface area contributed by atoms with Crippen molar-refractivity contribution in [1.29, 1.82) is 0 Å². The third-order valence-electron chi connectivity index (χ3n) is 4.75. The van der Waals surface area contributed by atoms with Crippen molar-refractivity contribution in [3.05, 3.63) is 65.0 Å². The van der Waals surface area contributed by atoms with Crippen LogP contribution in [0.25, 0.3) is 0 Å². The lowest BCUT2D eigenvalue weighted by molar-refractivity contribution is -0.686. The second-order valence-corrected chi connectivity index (χ2v) is 6.71. The molecule has 27 heavy (non-hydrogen) atoms. The zero-order valence-electron chi connectivity index (χ0n) is 15.7. The number of nitrogens with one attached hydrogen (secondary N) is 1. The average molecular weight is 369 g/mol. The van der Waals surface area contributed by atoms with Crippen molar-refractivity contribution < 1.29 is 24.0 Å². The van der Waals surface area contributed by atoms with E-state index in [-0.39, 0.29) is 18.4 Å². The van der Waals surface area contributed by atoms with E-state index in [4.69, 9.17) is 4.74 Å². The first-order valence-electron chi connectivity index (χ1n) is 9.31. The summed E-state index contributed by atoms with van der Waals surface area (Å²) >= 11 is 0. The molecular formula is C21H25N2O4+. The Labute approximate surface area is 158 Å². The molecule has 0 saturated carbocycles. The molecule has 1 aromatic carbocycles. The lowest BCUT2D eigenvalue weighted by Crippen LogP contribution is -2.40. The van der Waals surface area contributed by atoms with Crippen LogP contribution in [0.3, 0.4) is 0 Å². The quantitative estimate of drug-likeness (QED) is 0.576. The second kappa shape index (κ2) is 7.88. The van der Waals surface area contributed by atoms with Gasteiger partial charge in [-0.05, 0) is 25.3 Å². The number of esters is 1. The van der Waals surface area contributed by atoms with Crippen molar-refractivity contribution in [3.8, 4) is 0 Å². The van der Waals surface area contributed by atoms with Gasteiger partial charge in [0, 0.05) is 17.2 Å². The average Bonchev–Trinajstić information content (AvgIpc) is 2.92. The molecule has 2 aromatic rings. The minimum Gasteiger partial charge on any atom is -0.461 e. The normalized spacial score (nSPS) is 18.1. The summed E-state index contributed by atoms with van der Waals surface area (Å²) in [6, 6.07) is 9.32. The number of aryl methyl sites for hydroxylation is 1. The van der Waals surface area contributed by atoms with Gasteiger partial charge in [0.2, 0.25) is 6.54 Å². The predicted molar refractivity (Wildman–Crippen MR) is 98.8 cm³/mol. The van der Waals surface area contributed by atoms with Crippen LogP contribution in [-0.2, 0) is 28.2 Å². The van der Waals surface area contributed by atoms with Gasteiger partial charge >= 0.3 is 5.97 Å². The number of rotatable bonds is 7. The number of amides is 1. The van der Waals surface area contributed by atoms with Gasteiger partial charge in [0.05, 0.1) is 6.61 Å². The number of ether oxygens (including phenoxy) is 1. The lowest BCUT2D eigenvalue weighted by atomic mass is 9.94. The number of hydrogen-bond donors (Lipinski definition) is 2. The number of aliphatic hydroxyl groups is 1. The highest BCUT2D eigenvalue weighted by atomic mass is 16.5. The molecule has 142 valence electrons. The number of unbranched alkanes of at least 4 members (excludes halogenated alkanes) is 1. The Morgan fingerprint density at radius 3 is 2.63 bits per heavy atom. The Kier molecular flexibility index (Phi) is 5.56. The van der Waals surface area contributed by atoms with E-state index in [1.54, 1.807) is 30.0 Å². The van der Waals surface area contributed by atoms with E-state index in [2.05, 4.69) is 12.2 Å². The molecule has 0 aliphatic carbocycles. The molecule has 1 unspecified atom stereocenters. The number of aromatic nitrogens is 1. The van der Waals surface area contributed by atoms with Crippen molar-refractivity contribution in [3.63, 3.8) is 0 Å². The van der Waals surface area contributed by atoms with E-state index in [0.29, 0.717) is 23.3 Å². The van der Waals surface area contributed by atoms with Crippen LogP contribution < -0.4 is 9.88 Å². The summed E-state index contributed by atoms with van der Waals surface area (Å²) in [5, 5.41) is 13.8. The van der Waals surface area contributed by atoms with Gasteiger partial charge in [0.1, 0.15) is 5.56 Å². The van der Waals surface area contributed by atoms with Gasteiger partial charge < -0.3 is 15.2 Å². The van der Waals surface area contributed by atoms with Crippen LogP contribution in [0.5, 0.6) is 0 Å². The maximum atomic E-state index is 12.4. The first-order valence-corrected chi connectivity index (χ1v) is 9.31. The zero-order valence-corrected chi connectivity index (χ0v) is 15.7. The largest absolute Gasteiger partial charge is 0.461 e. The molecule has 1 aliphatic rings. The molecule has 2 heterocycles. The highest BCUT2D eigenvalue weighted by Crippen LogP contribution is 2.34. The number of carbonyl (C=O) groups excluding carboxylic acids is 2. The van der Waals surface area contributed by atoms with Gasteiger partial charge in [-0.3, -0.25) is 4.79 Å². The molecule has 1 amide bonds. The molecule has 0 spiro atoms. The fraction of sp³-hybridized carbons (Fsp3) is 0.381. The number of pyridine rings is 1. The van der Waals surface area contributed by atoms with Crippen LogP contribution in [0.1, 0.15) is 53.7 Å². The molecule has 6 nitrogen and oxygen atoms in total. The van der Waals surface area contributed by atoms with Gasteiger partial charge in [-0.25, -0.2) is 4.79 Å². The molecule has 6 heteroatoms. The number of nitrogens with zero attached hydrogens (tertiary/aromatic N) is 1. The second-order valence-electron chi connectivity index (χ2n) is 6.71. The van der Waals surface area contributed by atoms with E-state index in [1.807, 2.05) is 24.3 Å². The van der Waals surface area contributed by atoms with Crippen LogP contribution in [-0.4, -0.2) is 23.6 Å². The molecule has 2 N–H and O–H groups in total. The summed E-state index contributed by atoms with van der Waals surface area (Å²) in [5.41, 5.74) is 1.07. The van der Waals surface area contributed by atoms with Crippen LogP contribution in [0.2, 0.25) is 0 Å². The Hall–Kier alpha value is -2.73. The number of carbonyl (C=O) groups is 2. The van der Waals surface area contributed by atoms with Crippen molar-refractivity contribution >= 4 is 11.9 Å². The van der Waals surface area contributed by atoms with Crippen LogP contribution in [0, 0.1) is 0 Å². The lowest BCUT2D eigenvalue weighted by Gasteiger charge is -2.24. The molecule has 1 aromatic heterocycles. The third-order valence-corrected chi connectivity index (χ3v) is 4.75. The first kappa shape index (κ1) is 19.0. The topological polar surface area (TPSA) is 79.5 Å². The summed E-state index contributed by atoms with van der Waals surface area (Å²) in [7, 11) is 0. The molecule has 0 saturated heterocycles. The van der Waals surface area contributed by atoms with Crippen LogP contribution in [0.15, 0.2) is 42.7 Å². The van der Waals surface area contributed by atoms with E-state index in [1.165, 1.54) is 5.56 Å². The Balaban J connectivity index is 1.87. The molecule has 0 bridgehead atoms. The molecule has 1 atom stereocenters. The first-order chi connectivity index (χ1) is 13.0. The standard InChI is InChI=1S/C21H24N2O4/c1-3-5-6-15-7-9-16(10-8-15)21(26)18-11-12-23(14-19(24)27-4-2)13-17(18)20(25)22-21/h7-13,26H,3-6,14H2,1-2H3/p+1. The van der Waals surface area contributed by atoms with E-state index >= 15 is 0 Å². The van der Waals surface area contributed by atoms with Gasteiger partial charge in [-0.15, -0.1) is 0 Å². The van der Waals surface area contributed by atoms with E-state index in [0.717, 1.165) is 19.3 Å². The predicted octanol–water partition coefficient (Wildman–Crippen LogP) is 1.82. The van der Waals surface area contributed by atoms with Crippen molar-refractivity contribution in [2.24, 2.45) is 0 Å². The summed E-state index contributed by atoms with van der Waals surface area (Å²) < 4.78 is 6.51. The van der Waals surface area contributed by atoms with Crippen molar-refractivity contribution in [2.45, 2.75) is 45.4 Å². The fourth-order valence-electron chi connectivity index (χ4n) is 3.31. The minimum absolute atomic E-state index is 0.0129. The molecule has 1 aliphatic heterocycles. The zero-order chi connectivity index (χ0) is 19.4. The number of hydrogen-bond acceptors (Lipinski definition) is 4. The Bertz CT molecular complexity index is 848. The molecular weight excluding hydrogens is 344 g/mol. The minimum atomic E-state index is -1.57. The van der Waals surface area contributed by atoms with Crippen LogP contribution >= 0.6 is 0 Å². The van der Waals surface area contributed by atoms with Gasteiger partial charge in [-0.2, -0.15) is 4.57 Å². The third kappa shape index (κ3) is 3.85. The van der Waals surface area contributed by atoms with Gasteiger partial charge in [0.25, 0.3) is 5.91 Å². The highest BCUT2D eigenvalue weighted by Gasteiger charge is 2.44. The smallest absolute Gasteiger partial charge is 0.372 e. The summed E-state index contributed by atoms with van der Waals surface area (Å²) in [6.07, 6.45) is 6.46. The van der Waals surface area contributed by atoms with E-state index < -0.39 is 5.72 Å². The fourth-order valence-corrected chi connectivity index (χ4v) is 3.31.